The van der Waals surface area contributed by atoms with Gasteiger partial charge in [-0.1, -0.05) is 23.7 Å². The molecule has 10 heteroatoms. The summed E-state index contributed by atoms with van der Waals surface area (Å²) in [4.78, 5) is 20.2. The number of methoxy groups -OCH3 is 1. The third-order valence-electron chi connectivity index (χ3n) is 8.47. The Kier molecular flexibility index (Phi) is 8.52. The highest BCUT2D eigenvalue weighted by molar-refractivity contribution is 7.22. The number of halogens is 1. The number of carboxylic acids is 1. The second-order valence-corrected chi connectivity index (χ2v) is 14.4. The van der Waals surface area contributed by atoms with Crippen LogP contribution < -0.4 is 0 Å². The smallest absolute Gasteiger partial charge is 0.337 e. The fraction of sp³-hybridized carbons (Fsp3) is 0.400. The number of aliphatic carboxylic acids is 1. The van der Waals surface area contributed by atoms with Crippen LogP contribution in [0.2, 0.25) is 5.02 Å². The number of nitrogens with zero attached hydrogens (tertiary/aromatic N) is 4. The Morgan fingerprint density at radius 3 is 2.47 bits per heavy atom. The molecule has 0 spiro atoms. The Hall–Kier alpha value is -3.34. The summed E-state index contributed by atoms with van der Waals surface area (Å²) in [6, 6.07) is 16.3. The van der Waals surface area contributed by atoms with E-state index >= 15 is 0 Å². The molecule has 1 N–H and O–H groups in total. The van der Waals surface area contributed by atoms with Gasteiger partial charge >= 0.3 is 5.97 Å². The van der Waals surface area contributed by atoms with Crippen molar-refractivity contribution in [3.8, 4) is 21.7 Å². The Bertz CT molecular complexity index is 1890. The molecule has 0 bridgehead atoms. The lowest BCUT2D eigenvalue weighted by atomic mass is 9.91. The molecule has 1 fully saturated rings. The van der Waals surface area contributed by atoms with Crippen LogP contribution in [0.3, 0.4) is 0 Å². The van der Waals surface area contributed by atoms with Crippen molar-refractivity contribution >= 4 is 50.0 Å². The monoisotopic (exact) mass is 646 g/mol. The third-order valence-corrected chi connectivity index (χ3v) is 9.86. The van der Waals surface area contributed by atoms with E-state index in [1.54, 1.807) is 18.4 Å². The first-order valence-corrected chi connectivity index (χ1v) is 16.3. The van der Waals surface area contributed by atoms with Crippen LogP contribution in [0.1, 0.15) is 56.5 Å². The predicted octanol–water partition coefficient (Wildman–Crippen LogP) is 7.85. The molecule has 0 radical (unpaired) electrons. The van der Waals surface area contributed by atoms with Crippen LogP contribution in [0.15, 0.2) is 48.5 Å². The fourth-order valence-electron chi connectivity index (χ4n) is 6.28. The topological polar surface area (TPSA) is 89.7 Å². The zero-order valence-corrected chi connectivity index (χ0v) is 28.3. The van der Waals surface area contributed by atoms with E-state index in [1.165, 1.54) is 0 Å². The number of hydrogen-bond donors (Lipinski definition) is 1. The van der Waals surface area contributed by atoms with Crippen molar-refractivity contribution in [1.82, 2.24) is 19.7 Å². The van der Waals surface area contributed by atoms with Crippen LogP contribution in [0.25, 0.3) is 42.8 Å². The van der Waals surface area contributed by atoms with Crippen molar-refractivity contribution < 1.29 is 19.4 Å². The Morgan fingerprint density at radius 1 is 1.13 bits per heavy atom. The van der Waals surface area contributed by atoms with Crippen LogP contribution in [-0.4, -0.2) is 69.2 Å². The number of thiazole rings is 1. The van der Waals surface area contributed by atoms with Gasteiger partial charge in [0, 0.05) is 66.3 Å². The lowest BCUT2D eigenvalue weighted by Gasteiger charge is -2.42. The molecule has 2 aromatic heterocycles. The van der Waals surface area contributed by atoms with E-state index in [0.717, 1.165) is 67.2 Å². The number of ether oxygens (including phenoxy) is 2. The van der Waals surface area contributed by atoms with E-state index in [4.69, 9.17) is 31.2 Å². The Morgan fingerprint density at radius 2 is 1.82 bits per heavy atom. The van der Waals surface area contributed by atoms with Crippen LogP contribution in [0, 0.1) is 6.92 Å². The predicted molar refractivity (Wildman–Crippen MR) is 181 cm³/mol. The summed E-state index contributed by atoms with van der Waals surface area (Å²) in [6.07, 6.45) is -1.16. The summed E-state index contributed by atoms with van der Waals surface area (Å²) < 4.78 is 14.4. The van der Waals surface area contributed by atoms with Gasteiger partial charge in [-0.3, -0.25) is 9.58 Å². The molecule has 6 rings (SSSR count). The van der Waals surface area contributed by atoms with Crippen molar-refractivity contribution in [2.24, 2.45) is 7.05 Å². The molecule has 8 nitrogen and oxygen atoms in total. The van der Waals surface area contributed by atoms with E-state index in [-0.39, 0.29) is 0 Å². The Balaban J connectivity index is 1.47. The Labute approximate surface area is 272 Å². The minimum absolute atomic E-state index is 0.358. The fourth-order valence-corrected chi connectivity index (χ4v) is 7.53. The number of likely N-dealkylation sites (tertiary alicyclic amines) is 1. The summed E-state index contributed by atoms with van der Waals surface area (Å²) in [5, 5.41) is 17.9. The first-order chi connectivity index (χ1) is 21.3. The van der Waals surface area contributed by atoms with Gasteiger partial charge in [0.1, 0.15) is 5.01 Å². The highest BCUT2D eigenvalue weighted by atomic mass is 35.5. The summed E-state index contributed by atoms with van der Waals surface area (Å²) in [6.45, 7) is 12.4. The highest BCUT2D eigenvalue weighted by Gasteiger charge is 2.35. The van der Waals surface area contributed by atoms with Gasteiger partial charge in [-0.2, -0.15) is 5.10 Å². The molecule has 3 aromatic carbocycles. The molecule has 1 saturated heterocycles. The average Bonchev–Trinajstić information content (AvgIpc) is 3.51. The van der Waals surface area contributed by atoms with Crippen LogP contribution >= 0.6 is 22.9 Å². The van der Waals surface area contributed by atoms with Crippen LogP contribution in [0.4, 0.5) is 0 Å². The number of hydrogen-bond acceptors (Lipinski definition) is 7. The second-order valence-electron chi connectivity index (χ2n) is 13.0. The third kappa shape index (κ3) is 6.12. The molecule has 1 aliphatic rings. The number of carboxylic acid groups (broad SMARTS) is 1. The minimum Gasteiger partial charge on any atom is -0.479 e. The summed E-state index contributed by atoms with van der Waals surface area (Å²) in [5.74, 6) is -0.677. The lowest BCUT2D eigenvalue weighted by molar-refractivity contribution is -0.160. The molecule has 0 saturated carbocycles. The largest absolute Gasteiger partial charge is 0.479 e. The molecule has 45 heavy (non-hydrogen) atoms. The SMILES string of the molecule is COCC(C)N1CC(c2nn(C)c3ccc(-c4nc5cc(C)c(C(OC(C)(C)C)C(=O)O)c(-c6ccc(Cl)cc6)c5s4)cc23)C1. The van der Waals surface area contributed by atoms with Crippen molar-refractivity contribution in [2.75, 3.05) is 26.8 Å². The van der Waals surface area contributed by atoms with E-state index in [9.17, 15) is 9.90 Å². The zero-order valence-electron chi connectivity index (χ0n) is 26.7. The molecule has 0 amide bonds. The van der Waals surface area contributed by atoms with Crippen molar-refractivity contribution in [1.29, 1.82) is 0 Å². The van der Waals surface area contributed by atoms with Crippen LogP contribution in [0.5, 0.6) is 0 Å². The molecule has 3 heterocycles. The summed E-state index contributed by atoms with van der Waals surface area (Å²) in [7, 11) is 3.74. The average molecular weight is 647 g/mol. The quantitative estimate of drug-likeness (QED) is 0.174. The number of carbonyl (C=O) groups is 1. The highest BCUT2D eigenvalue weighted by Crippen LogP contribution is 2.45. The van der Waals surface area contributed by atoms with Crippen molar-refractivity contribution in [3.63, 3.8) is 0 Å². The number of fused-ring (bicyclic) bond motifs is 2. The molecule has 1 aliphatic heterocycles. The maximum Gasteiger partial charge on any atom is 0.337 e. The summed E-state index contributed by atoms with van der Waals surface area (Å²) >= 11 is 7.83. The van der Waals surface area contributed by atoms with Gasteiger partial charge in [-0.05, 0) is 82.1 Å². The summed E-state index contributed by atoms with van der Waals surface area (Å²) in [5.41, 5.74) is 6.46. The van der Waals surface area contributed by atoms with E-state index in [1.807, 2.05) is 69.8 Å². The zero-order chi connectivity index (χ0) is 32.2. The number of rotatable bonds is 9. The number of benzene rings is 3. The standard InChI is InChI=1S/C35H39ClN4O4S/c1-19-14-26-32(29(21-8-11-24(36)12-9-21)28(19)31(34(41)42)44-35(3,4)5)45-33(37-26)22-10-13-27-25(15-22)30(38-39(27)6)23-16-40(17-23)20(2)18-43-7/h8-15,20,23,31H,16-18H2,1-7H3,(H,41,42). The van der Waals surface area contributed by atoms with Crippen molar-refractivity contribution in [3.05, 3.63) is 70.4 Å². The maximum absolute atomic E-state index is 12.7. The van der Waals surface area contributed by atoms with Crippen LogP contribution in [-0.2, 0) is 21.3 Å². The van der Waals surface area contributed by atoms with Gasteiger partial charge < -0.3 is 14.6 Å². The minimum atomic E-state index is -1.16. The maximum atomic E-state index is 12.7. The molecule has 2 atom stereocenters. The lowest BCUT2D eigenvalue weighted by Crippen LogP contribution is -2.51. The van der Waals surface area contributed by atoms with Crippen molar-refractivity contribution in [2.45, 2.75) is 58.3 Å². The first-order valence-electron chi connectivity index (χ1n) is 15.1. The normalized spacial score (nSPS) is 15.9. The van der Waals surface area contributed by atoms with E-state index < -0.39 is 17.7 Å². The van der Waals surface area contributed by atoms with Gasteiger partial charge in [0.25, 0.3) is 0 Å². The molecule has 236 valence electrons. The van der Waals surface area contributed by atoms with Gasteiger partial charge in [0.15, 0.2) is 6.10 Å². The van der Waals surface area contributed by atoms with E-state index in [2.05, 4.69) is 30.0 Å². The van der Waals surface area contributed by atoms with E-state index in [0.29, 0.717) is 29.2 Å². The van der Waals surface area contributed by atoms with Gasteiger partial charge in [-0.25, -0.2) is 9.78 Å². The first kappa shape index (κ1) is 31.6. The molecule has 0 aliphatic carbocycles. The molecule has 5 aromatic rings. The van der Waals surface area contributed by atoms with Gasteiger partial charge in [-0.15, -0.1) is 11.3 Å². The van der Waals surface area contributed by atoms with Gasteiger partial charge in [0.05, 0.1) is 33.6 Å². The molecule has 2 unspecified atom stereocenters. The second kappa shape index (κ2) is 12.1. The number of aryl methyl sites for hydroxylation is 2. The van der Waals surface area contributed by atoms with Gasteiger partial charge in [0.2, 0.25) is 0 Å². The molecular formula is C35H39ClN4O4S. The molecular weight excluding hydrogens is 608 g/mol. The number of aromatic nitrogens is 3.